The molecule has 0 bridgehead atoms. The van der Waals surface area contributed by atoms with E-state index in [1.165, 1.54) is 5.56 Å². The van der Waals surface area contributed by atoms with Crippen LogP contribution in [0.3, 0.4) is 0 Å². The van der Waals surface area contributed by atoms with Crippen LogP contribution in [0.5, 0.6) is 11.5 Å². The Bertz CT molecular complexity index is 504. The first-order valence-corrected chi connectivity index (χ1v) is 7.12. The summed E-state index contributed by atoms with van der Waals surface area (Å²) in [5, 5.41) is 2.69. The van der Waals surface area contributed by atoms with Crippen LogP contribution in [0.15, 0.2) is 18.2 Å². The number of rotatable bonds is 3. The molecule has 1 saturated heterocycles. The molecule has 108 valence electrons. The predicted octanol–water partition coefficient (Wildman–Crippen LogP) is 1.34. The molecule has 20 heavy (non-hydrogen) atoms. The van der Waals surface area contributed by atoms with Gasteiger partial charge in [-0.3, -0.25) is 9.69 Å². The van der Waals surface area contributed by atoms with E-state index in [1.54, 1.807) is 7.05 Å². The van der Waals surface area contributed by atoms with Crippen molar-refractivity contribution in [3.05, 3.63) is 23.8 Å². The van der Waals surface area contributed by atoms with Crippen molar-refractivity contribution < 1.29 is 14.3 Å². The summed E-state index contributed by atoms with van der Waals surface area (Å²) in [6, 6.07) is 6.41. The molecular formula is C15H20N2O3. The van der Waals surface area contributed by atoms with E-state index in [0.29, 0.717) is 25.8 Å². The minimum Gasteiger partial charge on any atom is -0.486 e. The molecule has 5 nitrogen and oxygen atoms in total. The van der Waals surface area contributed by atoms with Gasteiger partial charge >= 0.3 is 0 Å². The van der Waals surface area contributed by atoms with E-state index in [1.807, 2.05) is 6.07 Å². The summed E-state index contributed by atoms with van der Waals surface area (Å²) >= 11 is 0. The van der Waals surface area contributed by atoms with Crippen LogP contribution < -0.4 is 14.8 Å². The van der Waals surface area contributed by atoms with Crippen molar-refractivity contribution in [2.75, 3.05) is 33.4 Å². The number of fused-ring (bicyclic) bond motifs is 1. The van der Waals surface area contributed by atoms with Gasteiger partial charge in [-0.2, -0.15) is 0 Å². The second kappa shape index (κ2) is 5.71. The molecule has 0 spiro atoms. The minimum atomic E-state index is 0.0643. The molecule has 1 aromatic carbocycles. The van der Waals surface area contributed by atoms with Gasteiger partial charge in [-0.1, -0.05) is 6.07 Å². The Hall–Kier alpha value is -1.75. The van der Waals surface area contributed by atoms with Gasteiger partial charge in [0.2, 0.25) is 5.91 Å². The summed E-state index contributed by atoms with van der Waals surface area (Å²) in [7, 11) is 1.68. The molecule has 0 aromatic heterocycles. The zero-order chi connectivity index (χ0) is 13.9. The highest BCUT2D eigenvalue weighted by Crippen LogP contribution is 2.37. The Morgan fingerprint density at radius 3 is 2.95 bits per heavy atom. The number of hydrogen-bond donors (Lipinski definition) is 1. The van der Waals surface area contributed by atoms with E-state index >= 15 is 0 Å². The number of likely N-dealkylation sites (tertiary alicyclic amines) is 1. The van der Waals surface area contributed by atoms with E-state index in [-0.39, 0.29) is 5.91 Å². The van der Waals surface area contributed by atoms with Gasteiger partial charge in [0.05, 0.1) is 6.54 Å². The molecule has 0 saturated carbocycles. The Kier molecular flexibility index (Phi) is 3.78. The van der Waals surface area contributed by atoms with Gasteiger partial charge in [0.15, 0.2) is 11.5 Å². The molecule has 5 heteroatoms. The SMILES string of the molecule is CNC(=O)CN1CCCC1c1ccc2c(c1)OCCO2. The van der Waals surface area contributed by atoms with Gasteiger partial charge in [0.1, 0.15) is 13.2 Å². The second-order valence-corrected chi connectivity index (χ2v) is 5.20. The molecule has 1 aromatic rings. The highest BCUT2D eigenvalue weighted by Gasteiger charge is 2.28. The van der Waals surface area contributed by atoms with Crippen LogP contribution in [0, 0.1) is 0 Å². The summed E-state index contributed by atoms with van der Waals surface area (Å²) < 4.78 is 11.2. The molecule has 1 atom stereocenters. The van der Waals surface area contributed by atoms with Gasteiger partial charge in [-0.25, -0.2) is 0 Å². The number of nitrogens with one attached hydrogen (secondary N) is 1. The molecule has 1 fully saturated rings. The first kappa shape index (κ1) is 13.2. The molecule has 0 aliphatic carbocycles. The largest absolute Gasteiger partial charge is 0.486 e. The number of carbonyl (C=O) groups is 1. The lowest BCUT2D eigenvalue weighted by Crippen LogP contribution is -2.35. The van der Waals surface area contributed by atoms with Crippen molar-refractivity contribution in [1.82, 2.24) is 10.2 Å². The second-order valence-electron chi connectivity index (χ2n) is 5.20. The summed E-state index contributed by atoms with van der Waals surface area (Å²) in [5.41, 5.74) is 1.20. The zero-order valence-electron chi connectivity index (χ0n) is 11.7. The minimum absolute atomic E-state index is 0.0643. The number of ether oxygens (including phenoxy) is 2. The Morgan fingerprint density at radius 1 is 1.35 bits per heavy atom. The first-order valence-electron chi connectivity index (χ1n) is 7.12. The molecule has 1 unspecified atom stereocenters. The number of hydrogen-bond acceptors (Lipinski definition) is 4. The van der Waals surface area contributed by atoms with E-state index in [9.17, 15) is 4.79 Å². The molecule has 1 amide bonds. The van der Waals surface area contributed by atoms with E-state index in [0.717, 1.165) is 30.9 Å². The number of benzene rings is 1. The highest BCUT2D eigenvalue weighted by molar-refractivity contribution is 5.77. The van der Waals surface area contributed by atoms with Crippen LogP contribution in [-0.4, -0.2) is 44.2 Å². The summed E-state index contributed by atoms with van der Waals surface area (Å²) in [4.78, 5) is 13.8. The average molecular weight is 276 g/mol. The Labute approximate surface area is 118 Å². The molecule has 1 N–H and O–H groups in total. The molecule has 0 radical (unpaired) electrons. The average Bonchev–Trinajstić information content (AvgIpc) is 2.94. The zero-order valence-corrected chi connectivity index (χ0v) is 11.7. The number of nitrogens with zero attached hydrogens (tertiary/aromatic N) is 1. The van der Waals surface area contributed by atoms with Gasteiger partial charge in [0, 0.05) is 13.1 Å². The van der Waals surface area contributed by atoms with E-state index < -0.39 is 0 Å². The summed E-state index contributed by atoms with van der Waals surface area (Å²) in [6.07, 6.45) is 2.20. The maximum absolute atomic E-state index is 11.6. The highest BCUT2D eigenvalue weighted by atomic mass is 16.6. The molecular weight excluding hydrogens is 256 g/mol. The maximum Gasteiger partial charge on any atom is 0.233 e. The van der Waals surface area contributed by atoms with E-state index in [4.69, 9.17) is 9.47 Å². The molecule has 2 heterocycles. The number of amides is 1. The summed E-state index contributed by atoms with van der Waals surface area (Å²) in [5.74, 6) is 1.70. The van der Waals surface area contributed by atoms with Crippen LogP contribution in [0.2, 0.25) is 0 Å². The third-order valence-corrected chi connectivity index (χ3v) is 3.94. The van der Waals surface area contributed by atoms with Gasteiger partial charge in [-0.05, 0) is 37.1 Å². The van der Waals surface area contributed by atoms with Crippen LogP contribution in [0.4, 0.5) is 0 Å². The molecule has 2 aliphatic heterocycles. The fraction of sp³-hybridized carbons (Fsp3) is 0.533. The summed E-state index contributed by atoms with van der Waals surface area (Å²) in [6.45, 7) is 2.63. The third kappa shape index (κ3) is 2.58. The molecule has 2 aliphatic rings. The van der Waals surface area contributed by atoms with Crippen LogP contribution in [-0.2, 0) is 4.79 Å². The first-order chi connectivity index (χ1) is 9.78. The van der Waals surface area contributed by atoms with Crippen molar-refractivity contribution in [2.24, 2.45) is 0 Å². The number of likely N-dealkylation sites (N-methyl/N-ethyl adjacent to an activating group) is 1. The topological polar surface area (TPSA) is 50.8 Å². The number of carbonyl (C=O) groups excluding carboxylic acids is 1. The lowest BCUT2D eigenvalue weighted by Gasteiger charge is -2.25. The van der Waals surface area contributed by atoms with Crippen molar-refractivity contribution in [3.8, 4) is 11.5 Å². The van der Waals surface area contributed by atoms with E-state index in [2.05, 4.69) is 22.3 Å². The maximum atomic E-state index is 11.6. The van der Waals surface area contributed by atoms with Crippen molar-refractivity contribution >= 4 is 5.91 Å². The Morgan fingerprint density at radius 2 is 2.15 bits per heavy atom. The van der Waals surface area contributed by atoms with Gasteiger partial charge in [0.25, 0.3) is 0 Å². The van der Waals surface area contributed by atoms with Crippen molar-refractivity contribution in [2.45, 2.75) is 18.9 Å². The lowest BCUT2D eigenvalue weighted by atomic mass is 10.0. The monoisotopic (exact) mass is 276 g/mol. The smallest absolute Gasteiger partial charge is 0.233 e. The fourth-order valence-corrected chi connectivity index (χ4v) is 2.92. The third-order valence-electron chi connectivity index (χ3n) is 3.94. The normalized spacial score (nSPS) is 21.8. The predicted molar refractivity (Wildman–Crippen MR) is 75.0 cm³/mol. The van der Waals surface area contributed by atoms with Crippen LogP contribution >= 0.6 is 0 Å². The van der Waals surface area contributed by atoms with Crippen molar-refractivity contribution in [1.29, 1.82) is 0 Å². The van der Waals surface area contributed by atoms with Crippen molar-refractivity contribution in [3.63, 3.8) is 0 Å². The quantitative estimate of drug-likeness (QED) is 0.905. The standard InChI is InChI=1S/C15H20N2O3/c1-16-15(18)10-17-6-2-3-12(17)11-4-5-13-14(9-11)20-8-7-19-13/h4-5,9,12H,2-3,6-8,10H2,1H3,(H,16,18). The van der Waals surface area contributed by atoms with Gasteiger partial charge in [-0.15, -0.1) is 0 Å². The van der Waals surface area contributed by atoms with Crippen LogP contribution in [0.25, 0.3) is 0 Å². The lowest BCUT2D eigenvalue weighted by molar-refractivity contribution is -0.122. The molecule has 3 rings (SSSR count). The fourth-order valence-electron chi connectivity index (χ4n) is 2.92. The van der Waals surface area contributed by atoms with Gasteiger partial charge < -0.3 is 14.8 Å². The van der Waals surface area contributed by atoms with Crippen LogP contribution in [0.1, 0.15) is 24.4 Å². The Balaban J connectivity index is 1.79.